The van der Waals surface area contributed by atoms with Crippen LogP contribution in [0.25, 0.3) is 5.69 Å². The summed E-state index contributed by atoms with van der Waals surface area (Å²) in [6.45, 7) is 9.82. The summed E-state index contributed by atoms with van der Waals surface area (Å²) in [6.07, 6.45) is 1.71. The molecule has 1 aromatic heterocycles. The Balaban J connectivity index is 2.08. The molecule has 2 N–H and O–H groups in total. The summed E-state index contributed by atoms with van der Waals surface area (Å²) < 4.78 is 20.4. The van der Waals surface area contributed by atoms with Crippen LogP contribution in [0.5, 0.6) is 0 Å². The van der Waals surface area contributed by atoms with Crippen LogP contribution in [0.1, 0.15) is 38.2 Å². The van der Waals surface area contributed by atoms with E-state index >= 15 is 0 Å². The van der Waals surface area contributed by atoms with Crippen molar-refractivity contribution in [1.29, 1.82) is 0 Å². The number of hydrogen-bond acceptors (Lipinski definition) is 4. The number of anilines is 3. The van der Waals surface area contributed by atoms with Gasteiger partial charge in [-0.15, -0.1) is 0 Å². The van der Waals surface area contributed by atoms with E-state index in [1.165, 1.54) is 19.2 Å². The number of methoxy groups -OCH3 is 1. The van der Waals surface area contributed by atoms with Gasteiger partial charge in [0.25, 0.3) is 0 Å². The predicted octanol–water partition coefficient (Wildman–Crippen LogP) is 7.47. The topological polar surface area (TPSA) is 75.6 Å². The molecular formula is C27H31Cl2FN4O3. The van der Waals surface area contributed by atoms with Gasteiger partial charge >= 0.3 is 12.0 Å². The van der Waals surface area contributed by atoms with Gasteiger partial charge < -0.3 is 24.8 Å². The van der Waals surface area contributed by atoms with Crippen LogP contribution in [0.15, 0.2) is 48.7 Å². The summed E-state index contributed by atoms with van der Waals surface area (Å²) >= 11 is 12.6. The number of nitrogens with zero attached hydrogens (tertiary/aromatic N) is 2. The number of esters is 1. The Morgan fingerprint density at radius 3 is 2.27 bits per heavy atom. The molecule has 7 nitrogen and oxygen atoms in total. The van der Waals surface area contributed by atoms with Crippen LogP contribution < -0.4 is 15.5 Å². The van der Waals surface area contributed by atoms with Crippen LogP contribution in [0.4, 0.5) is 26.2 Å². The SMILES string of the molecule is COC(=O)c1cccn1-c1cc(Cl)c(N(CC(C)C)CC(C)C)c(NC(=O)Nc2ccc(Cl)c(F)c2)c1. The number of hydrogen-bond donors (Lipinski definition) is 2. The number of halogens is 3. The molecule has 198 valence electrons. The fourth-order valence-corrected chi connectivity index (χ4v) is 4.47. The molecule has 0 atom stereocenters. The zero-order valence-corrected chi connectivity index (χ0v) is 23.0. The third-order valence-corrected chi connectivity index (χ3v) is 5.98. The molecule has 0 unspecified atom stereocenters. The molecule has 3 rings (SSSR count). The highest BCUT2D eigenvalue weighted by Gasteiger charge is 2.22. The van der Waals surface area contributed by atoms with Gasteiger partial charge in [0.2, 0.25) is 0 Å². The molecule has 3 aromatic rings. The second-order valence-corrected chi connectivity index (χ2v) is 10.3. The Bertz CT molecular complexity index is 1270. The molecule has 0 radical (unpaired) electrons. The smallest absolute Gasteiger partial charge is 0.355 e. The predicted molar refractivity (Wildman–Crippen MR) is 148 cm³/mol. The van der Waals surface area contributed by atoms with E-state index in [0.717, 1.165) is 6.07 Å². The van der Waals surface area contributed by atoms with Crippen molar-refractivity contribution in [3.8, 4) is 5.69 Å². The number of carbonyl (C=O) groups is 2. The maximum absolute atomic E-state index is 13.9. The lowest BCUT2D eigenvalue weighted by Gasteiger charge is -2.31. The highest BCUT2D eigenvalue weighted by atomic mass is 35.5. The van der Waals surface area contributed by atoms with Crippen molar-refractivity contribution in [2.75, 3.05) is 35.7 Å². The summed E-state index contributed by atoms with van der Waals surface area (Å²) in [5.74, 6) is -0.510. The van der Waals surface area contributed by atoms with Gasteiger partial charge in [-0.2, -0.15) is 0 Å². The third kappa shape index (κ3) is 7.17. The summed E-state index contributed by atoms with van der Waals surface area (Å²) in [7, 11) is 1.31. The van der Waals surface area contributed by atoms with Crippen LogP contribution >= 0.6 is 23.2 Å². The largest absolute Gasteiger partial charge is 0.464 e. The van der Waals surface area contributed by atoms with Crippen molar-refractivity contribution < 1.29 is 18.7 Å². The zero-order valence-electron chi connectivity index (χ0n) is 21.4. The monoisotopic (exact) mass is 548 g/mol. The quantitative estimate of drug-likeness (QED) is 0.272. The van der Waals surface area contributed by atoms with E-state index < -0.39 is 17.8 Å². The van der Waals surface area contributed by atoms with Crippen molar-refractivity contribution in [2.45, 2.75) is 27.7 Å². The molecule has 0 fully saturated rings. The number of aromatic nitrogens is 1. The highest BCUT2D eigenvalue weighted by molar-refractivity contribution is 6.34. The van der Waals surface area contributed by atoms with Gasteiger partial charge in [0.05, 0.1) is 28.5 Å². The first-order chi connectivity index (χ1) is 17.5. The van der Waals surface area contributed by atoms with Crippen molar-refractivity contribution in [3.63, 3.8) is 0 Å². The van der Waals surface area contributed by atoms with Crippen molar-refractivity contribution in [3.05, 3.63) is 70.2 Å². The first-order valence-corrected chi connectivity index (χ1v) is 12.6. The summed E-state index contributed by atoms with van der Waals surface area (Å²) in [5, 5.41) is 5.85. The first kappa shape index (κ1) is 28.3. The Morgan fingerprint density at radius 1 is 1.00 bits per heavy atom. The van der Waals surface area contributed by atoms with Crippen molar-refractivity contribution in [2.24, 2.45) is 11.8 Å². The molecule has 0 saturated carbocycles. The number of carbonyl (C=O) groups excluding carboxylic acids is 2. The summed E-state index contributed by atoms with van der Waals surface area (Å²) in [6, 6.07) is 10.2. The molecule has 1 heterocycles. The number of nitrogens with one attached hydrogen (secondary N) is 2. The molecule has 0 bridgehead atoms. The molecule has 0 aliphatic rings. The normalized spacial score (nSPS) is 11.1. The van der Waals surface area contributed by atoms with Gasteiger partial charge in [0.1, 0.15) is 11.5 Å². The fraction of sp³-hybridized carbons (Fsp3) is 0.333. The Morgan fingerprint density at radius 2 is 1.68 bits per heavy atom. The lowest BCUT2D eigenvalue weighted by molar-refractivity contribution is 0.0591. The maximum Gasteiger partial charge on any atom is 0.355 e. The van der Waals surface area contributed by atoms with Crippen LogP contribution in [-0.4, -0.2) is 36.8 Å². The van der Waals surface area contributed by atoms with Crippen LogP contribution in [0, 0.1) is 17.7 Å². The fourth-order valence-electron chi connectivity index (χ4n) is 4.01. The molecule has 2 amide bonds. The molecule has 0 saturated heterocycles. The molecular weight excluding hydrogens is 518 g/mol. The van der Waals surface area contributed by atoms with Crippen LogP contribution in [0.2, 0.25) is 10.0 Å². The zero-order chi connectivity index (χ0) is 27.3. The van der Waals surface area contributed by atoms with Crippen LogP contribution in [-0.2, 0) is 4.74 Å². The average molecular weight is 549 g/mol. The summed E-state index contributed by atoms with van der Waals surface area (Å²) in [4.78, 5) is 27.4. The van der Waals surface area contributed by atoms with Gasteiger partial charge in [-0.25, -0.2) is 14.0 Å². The molecule has 0 aliphatic carbocycles. The van der Waals surface area contributed by atoms with Gasteiger partial charge in [-0.1, -0.05) is 50.9 Å². The minimum Gasteiger partial charge on any atom is -0.464 e. The van der Waals surface area contributed by atoms with Gasteiger partial charge in [-0.3, -0.25) is 0 Å². The van der Waals surface area contributed by atoms with Gasteiger partial charge in [0.15, 0.2) is 0 Å². The second-order valence-electron chi connectivity index (χ2n) is 9.48. The minimum absolute atomic E-state index is 0.0427. The number of ether oxygens (including phenoxy) is 1. The van der Waals surface area contributed by atoms with E-state index in [1.807, 2.05) is 0 Å². The molecule has 2 aromatic carbocycles. The van der Waals surface area contributed by atoms with E-state index in [0.29, 0.717) is 52.7 Å². The van der Waals surface area contributed by atoms with Gasteiger partial charge in [0, 0.05) is 30.7 Å². The van der Waals surface area contributed by atoms with Crippen molar-refractivity contribution in [1.82, 2.24) is 4.57 Å². The lowest BCUT2D eigenvalue weighted by atomic mass is 10.1. The van der Waals surface area contributed by atoms with E-state index in [1.54, 1.807) is 35.0 Å². The van der Waals surface area contributed by atoms with E-state index in [9.17, 15) is 14.0 Å². The number of benzene rings is 2. The molecule has 0 aliphatic heterocycles. The van der Waals surface area contributed by atoms with Gasteiger partial charge in [-0.05, 0) is 54.3 Å². The number of urea groups is 1. The van der Waals surface area contributed by atoms with Crippen LogP contribution in [0.3, 0.4) is 0 Å². The third-order valence-electron chi connectivity index (χ3n) is 5.38. The maximum atomic E-state index is 13.9. The number of amides is 2. The first-order valence-electron chi connectivity index (χ1n) is 11.9. The number of rotatable bonds is 9. The lowest BCUT2D eigenvalue weighted by Crippen LogP contribution is -2.33. The Hall–Kier alpha value is -3.23. The average Bonchev–Trinajstić information content (AvgIpc) is 3.29. The van der Waals surface area contributed by atoms with E-state index in [2.05, 4.69) is 43.2 Å². The minimum atomic E-state index is -0.645. The van der Waals surface area contributed by atoms with E-state index in [-0.39, 0.29) is 10.7 Å². The molecule has 10 heteroatoms. The molecule has 0 spiro atoms. The highest BCUT2D eigenvalue weighted by Crippen LogP contribution is 2.38. The second kappa shape index (κ2) is 12.3. The molecule has 37 heavy (non-hydrogen) atoms. The Kier molecular flexibility index (Phi) is 9.45. The van der Waals surface area contributed by atoms with Crippen molar-refractivity contribution >= 4 is 52.3 Å². The standard InChI is InChI=1S/C27H31Cl2FN4O3/c1-16(2)14-33(15-17(3)4)25-21(29)12-19(34-10-6-7-24(34)26(35)37-5)13-23(25)32-27(36)31-18-8-9-20(28)22(30)11-18/h6-13,16-17H,14-15H2,1-5H3,(H2,31,32,36). The van der Waals surface area contributed by atoms with E-state index in [4.69, 9.17) is 27.9 Å². The Labute approximate surface area is 226 Å². The summed E-state index contributed by atoms with van der Waals surface area (Å²) in [5.41, 5.74) is 2.18.